The molecule has 1 saturated heterocycles. The molecule has 1 rings (SSSR count). The minimum atomic E-state index is 0.255. The first-order valence-electron chi connectivity index (χ1n) is 4.67. The van der Waals surface area contributed by atoms with Gasteiger partial charge in [-0.3, -0.25) is 0 Å². The zero-order chi connectivity index (χ0) is 8.81. The van der Waals surface area contributed by atoms with E-state index in [4.69, 9.17) is 15.2 Å². The Hall–Kier alpha value is -0.120. The van der Waals surface area contributed by atoms with Crippen molar-refractivity contribution in [3.63, 3.8) is 0 Å². The van der Waals surface area contributed by atoms with Gasteiger partial charge in [0.15, 0.2) is 0 Å². The second kappa shape index (κ2) is 5.51. The van der Waals surface area contributed by atoms with Gasteiger partial charge in [0.25, 0.3) is 0 Å². The molecule has 2 atom stereocenters. The lowest BCUT2D eigenvalue weighted by molar-refractivity contribution is 0.0398. The molecule has 1 fully saturated rings. The Morgan fingerprint density at radius 3 is 3.08 bits per heavy atom. The van der Waals surface area contributed by atoms with Crippen LogP contribution in [0.4, 0.5) is 0 Å². The van der Waals surface area contributed by atoms with Crippen molar-refractivity contribution in [1.29, 1.82) is 0 Å². The maximum Gasteiger partial charge on any atom is 0.0509 e. The van der Waals surface area contributed by atoms with E-state index in [1.165, 1.54) is 6.42 Å². The van der Waals surface area contributed by atoms with Crippen molar-refractivity contribution in [3.05, 3.63) is 0 Å². The Morgan fingerprint density at radius 2 is 2.50 bits per heavy atom. The van der Waals surface area contributed by atoms with Crippen molar-refractivity contribution < 1.29 is 9.47 Å². The summed E-state index contributed by atoms with van der Waals surface area (Å²) in [4.78, 5) is 0. The zero-order valence-corrected chi connectivity index (χ0v) is 7.79. The molecule has 3 nitrogen and oxygen atoms in total. The monoisotopic (exact) mass is 173 g/mol. The minimum absolute atomic E-state index is 0.255. The van der Waals surface area contributed by atoms with Crippen LogP contribution in [0.5, 0.6) is 0 Å². The summed E-state index contributed by atoms with van der Waals surface area (Å²) in [7, 11) is 1.71. The van der Waals surface area contributed by atoms with Crippen LogP contribution >= 0.6 is 0 Å². The quantitative estimate of drug-likeness (QED) is 0.683. The molecule has 0 aromatic rings. The van der Waals surface area contributed by atoms with Crippen LogP contribution in [-0.4, -0.2) is 33.0 Å². The SMILES string of the molecule is COCCC(N)C1CCCOC1. The smallest absolute Gasteiger partial charge is 0.0509 e. The number of hydrogen-bond acceptors (Lipinski definition) is 3. The summed E-state index contributed by atoms with van der Waals surface area (Å²) in [6, 6.07) is 0.255. The molecule has 0 aromatic heterocycles. The van der Waals surface area contributed by atoms with Crippen LogP contribution in [0.2, 0.25) is 0 Å². The van der Waals surface area contributed by atoms with Gasteiger partial charge in [-0.1, -0.05) is 0 Å². The third kappa shape index (κ3) is 3.09. The summed E-state index contributed by atoms with van der Waals surface area (Å²) in [5, 5.41) is 0. The number of nitrogens with two attached hydrogens (primary N) is 1. The van der Waals surface area contributed by atoms with Crippen LogP contribution in [0.15, 0.2) is 0 Å². The molecule has 12 heavy (non-hydrogen) atoms. The molecule has 2 N–H and O–H groups in total. The largest absolute Gasteiger partial charge is 0.385 e. The van der Waals surface area contributed by atoms with E-state index in [-0.39, 0.29) is 6.04 Å². The van der Waals surface area contributed by atoms with Crippen LogP contribution in [-0.2, 0) is 9.47 Å². The van der Waals surface area contributed by atoms with Crippen molar-refractivity contribution in [2.45, 2.75) is 25.3 Å². The summed E-state index contributed by atoms with van der Waals surface area (Å²) >= 11 is 0. The highest BCUT2D eigenvalue weighted by molar-refractivity contribution is 4.74. The van der Waals surface area contributed by atoms with Crippen LogP contribution in [0, 0.1) is 5.92 Å². The Kier molecular flexibility index (Phi) is 4.58. The Morgan fingerprint density at radius 1 is 1.67 bits per heavy atom. The standard InChI is InChI=1S/C9H19NO2/c1-11-6-4-9(10)8-3-2-5-12-7-8/h8-9H,2-7,10H2,1H3. The van der Waals surface area contributed by atoms with E-state index in [0.29, 0.717) is 5.92 Å². The van der Waals surface area contributed by atoms with Crippen LogP contribution < -0.4 is 5.73 Å². The van der Waals surface area contributed by atoms with Gasteiger partial charge < -0.3 is 15.2 Å². The van der Waals surface area contributed by atoms with E-state index in [2.05, 4.69) is 0 Å². The number of rotatable bonds is 4. The Bertz CT molecular complexity index is 113. The van der Waals surface area contributed by atoms with E-state index in [0.717, 1.165) is 32.7 Å². The predicted octanol–water partition coefficient (Wildman–Crippen LogP) is 0.777. The fraction of sp³-hybridized carbons (Fsp3) is 1.00. The summed E-state index contributed by atoms with van der Waals surface area (Å²) in [5.74, 6) is 0.550. The van der Waals surface area contributed by atoms with Gasteiger partial charge in [0, 0.05) is 26.4 Å². The minimum Gasteiger partial charge on any atom is -0.385 e. The Balaban J connectivity index is 2.15. The molecule has 0 spiro atoms. The molecular formula is C9H19NO2. The fourth-order valence-electron chi connectivity index (χ4n) is 1.59. The summed E-state index contributed by atoms with van der Waals surface area (Å²) in [6.45, 7) is 2.51. The average Bonchev–Trinajstić information content (AvgIpc) is 2.15. The highest BCUT2D eigenvalue weighted by atomic mass is 16.5. The van der Waals surface area contributed by atoms with E-state index in [9.17, 15) is 0 Å². The molecular weight excluding hydrogens is 154 g/mol. The van der Waals surface area contributed by atoms with Crippen LogP contribution in [0.1, 0.15) is 19.3 Å². The third-order valence-electron chi connectivity index (χ3n) is 2.46. The van der Waals surface area contributed by atoms with Gasteiger partial charge in [0.2, 0.25) is 0 Å². The molecule has 1 aliphatic heterocycles. The number of methoxy groups -OCH3 is 1. The molecule has 1 heterocycles. The summed E-state index contributed by atoms with van der Waals surface area (Å²) < 4.78 is 10.3. The van der Waals surface area contributed by atoms with Gasteiger partial charge in [-0.05, 0) is 25.2 Å². The molecule has 0 aliphatic carbocycles. The molecule has 0 radical (unpaired) electrons. The van der Waals surface area contributed by atoms with E-state index in [1.807, 2.05) is 0 Å². The molecule has 3 heteroatoms. The molecule has 2 unspecified atom stereocenters. The Labute approximate surface area is 74.2 Å². The second-order valence-corrected chi connectivity index (χ2v) is 3.42. The topological polar surface area (TPSA) is 44.5 Å². The molecule has 0 amide bonds. The van der Waals surface area contributed by atoms with Crippen molar-refractivity contribution in [2.75, 3.05) is 26.9 Å². The molecule has 0 bridgehead atoms. The summed E-state index contributed by atoms with van der Waals surface area (Å²) in [5.41, 5.74) is 5.97. The van der Waals surface area contributed by atoms with Gasteiger partial charge in [0.05, 0.1) is 6.61 Å². The first-order chi connectivity index (χ1) is 5.84. The average molecular weight is 173 g/mol. The highest BCUT2D eigenvalue weighted by Gasteiger charge is 2.20. The molecule has 1 aliphatic rings. The van der Waals surface area contributed by atoms with Gasteiger partial charge in [-0.15, -0.1) is 0 Å². The highest BCUT2D eigenvalue weighted by Crippen LogP contribution is 2.17. The van der Waals surface area contributed by atoms with Crippen molar-refractivity contribution >= 4 is 0 Å². The predicted molar refractivity (Wildman–Crippen MR) is 48.0 cm³/mol. The normalized spacial score (nSPS) is 27.0. The second-order valence-electron chi connectivity index (χ2n) is 3.42. The molecule has 0 aromatic carbocycles. The van der Waals surface area contributed by atoms with E-state index < -0.39 is 0 Å². The van der Waals surface area contributed by atoms with Gasteiger partial charge in [-0.2, -0.15) is 0 Å². The van der Waals surface area contributed by atoms with Crippen molar-refractivity contribution in [3.8, 4) is 0 Å². The zero-order valence-electron chi connectivity index (χ0n) is 7.79. The third-order valence-corrected chi connectivity index (χ3v) is 2.46. The maximum absolute atomic E-state index is 5.97. The van der Waals surface area contributed by atoms with Gasteiger partial charge in [-0.25, -0.2) is 0 Å². The van der Waals surface area contributed by atoms with Crippen molar-refractivity contribution in [1.82, 2.24) is 0 Å². The first kappa shape index (κ1) is 9.96. The van der Waals surface area contributed by atoms with Crippen LogP contribution in [0.25, 0.3) is 0 Å². The van der Waals surface area contributed by atoms with E-state index >= 15 is 0 Å². The summed E-state index contributed by atoms with van der Waals surface area (Å²) in [6.07, 6.45) is 3.32. The lowest BCUT2D eigenvalue weighted by atomic mass is 9.92. The lowest BCUT2D eigenvalue weighted by Gasteiger charge is -2.27. The van der Waals surface area contributed by atoms with Crippen LogP contribution in [0.3, 0.4) is 0 Å². The fourth-order valence-corrected chi connectivity index (χ4v) is 1.59. The molecule has 72 valence electrons. The number of hydrogen-bond donors (Lipinski definition) is 1. The first-order valence-corrected chi connectivity index (χ1v) is 4.67. The van der Waals surface area contributed by atoms with Gasteiger partial charge in [0.1, 0.15) is 0 Å². The van der Waals surface area contributed by atoms with E-state index in [1.54, 1.807) is 7.11 Å². The maximum atomic E-state index is 5.97. The lowest BCUT2D eigenvalue weighted by Crippen LogP contribution is -2.36. The van der Waals surface area contributed by atoms with Crippen molar-refractivity contribution in [2.24, 2.45) is 11.7 Å². The van der Waals surface area contributed by atoms with Gasteiger partial charge >= 0.3 is 0 Å². The number of ether oxygens (including phenoxy) is 2. The molecule has 0 saturated carbocycles.